The van der Waals surface area contributed by atoms with Crippen molar-refractivity contribution in [1.29, 1.82) is 0 Å². The third-order valence-electron chi connectivity index (χ3n) is 1.51. The number of unbranched alkanes of at least 4 members (excludes halogenated alkanes) is 1. The van der Waals surface area contributed by atoms with E-state index in [1.165, 1.54) is 5.56 Å². The van der Waals surface area contributed by atoms with E-state index in [1.807, 2.05) is 0 Å². The SMILES string of the molecule is CC[CH-]Cc1ccccc1.[Cl-].[Mg+2]. The first-order valence-electron chi connectivity index (χ1n) is 3.79. The number of rotatable bonds is 3. The summed E-state index contributed by atoms with van der Waals surface area (Å²) in [5.41, 5.74) is 1.41. The maximum Gasteiger partial charge on any atom is 2.00 e. The van der Waals surface area contributed by atoms with Gasteiger partial charge < -0.3 is 18.8 Å². The van der Waals surface area contributed by atoms with Gasteiger partial charge >= 0.3 is 23.1 Å². The molecular formula is C10H13ClMg. The Kier molecular flexibility index (Phi) is 11.5. The second-order valence-corrected chi connectivity index (χ2v) is 2.39. The first-order valence-corrected chi connectivity index (χ1v) is 3.79. The van der Waals surface area contributed by atoms with E-state index >= 15 is 0 Å². The number of hydrogen-bond acceptors (Lipinski definition) is 0. The van der Waals surface area contributed by atoms with Crippen molar-refractivity contribution in [2.45, 2.75) is 19.8 Å². The quantitative estimate of drug-likeness (QED) is 0.447. The molecule has 0 heterocycles. The average molecular weight is 193 g/mol. The van der Waals surface area contributed by atoms with Crippen LogP contribution in [0.3, 0.4) is 0 Å². The van der Waals surface area contributed by atoms with Crippen LogP contribution >= 0.6 is 0 Å². The zero-order valence-corrected chi connectivity index (χ0v) is 9.63. The van der Waals surface area contributed by atoms with Gasteiger partial charge in [0.15, 0.2) is 0 Å². The van der Waals surface area contributed by atoms with Crippen molar-refractivity contribution in [3.05, 3.63) is 42.3 Å². The predicted octanol–water partition coefficient (Wildman–Crippen LogP) is -0.533. The van der Waals surface area contributed by atoms with Gasteiger partial charge in [-0.3, -0.25) is 0 Å². The van der Waals surface area contributed by atoms with E-state index in [9.17, 15) is 0 Å². The standard InChI is InChI=1S/C10H13.ClH.Mg/c1-2-3-7-10-8-5-4-6-9-10;;/h3-6,8-9H,2,7H2,1H3;1H;/q-1;;+2/p-1. The molecule has 0 fully saturated rings. The third kappa shape index (κ3) is 5.87. The zero-order chi connectivity index (χ0) is 7.23. The third-order valence-corrected chi connectivity index (χ3v) is 1.51. The molecule has 12 heavy (non-hydrogen) atoms. The molecule has 0 spiro atoms. The smallest absolute Gasteiger partial charge is 1.00 e. The Morgan fingerprint density at radius 3 is 2.25 bits per heavy atom. The molecule has 1 aromatic rings. The summed E-state index contributed by atoms with van der Waals surface area (Å²) in [6.07, 6.45) is 4.56. The zero-order valence-electron chi connectivity index (χ0n) is 7.46. The van der Waals surface area contributed by atoms with Crippen molar-refractivity contribution >= 4 is 23.1 Å². The van der Waals surface area contributed by atoms with Gasteiger partial charge in [-0.05, 0) is 0 Å². The summed E-state index contributed by atoms with van der Waals surface area (Å²) in [7, 11) is 0. The Morgan fingerprint density at radius 2 is 1.75 bits per heavy atom. The van der Waals surface area contributed by atoms with Crippen LogP contribution in [0.1, 0.15) is 18.9 Å². The van der Waals surface area contributed by atoms with E-state index in [1.54, 1.807) is 0 Å². The second kappa shape index (κ2) is 9.36. The summed E-state index contributed by atoms with van der Waals surface area (Å²) < 4.78 is 0. The number of halogens is 1. The molecule has 0 atom stereocenters. The second-order valence-electron chi connectivity index (χ2n) is 2.39. The predicted molar refractivity (Wildman–Crippen MR) is 50.5 cm³/mol. The fourth-order valence-electron chi connectivity index (χ4n) is 0.925. The van der Waals surface area contributed by atoms with Crippen LogP contribution < -0.4 is 12.4 Å². The van der Waals surface area contributed by atoms with E-state index < -0.39 is 0 Å². The van der Waals surface area contributed by atoms with Gasteiger partial charge in [0.1, 0.15) is 0 Å². The van der Waals surface area contributed by atoms with Crippen molar-refractivity contribution in [3.63, 3.8) is 0 Å². The monoisotopic (exact) mass is 192 g/mol. The van der Waals surface area contributed by atoms with Gasteiger partial charge in [0.25, 0.3) is 0 Å². The van der Waals surface area contributed by atoms with Crippen LogP contribution in [0.2, 0.25) is 0 Å². The molecule has 62 valence electrons. The molecule has 1 rings (SSSR count). The minimum atomic E-state index is 0. The molecular weight excluding hydrogens is 180 g/mol. The minimum absolute atomic E-state index is 0. The molecule has 0 aliphatic rings. The van der Waals surface area contributed by atoms with Crippen molar-refractivity contribution < 1.29 is 12.4 Å². The van der Waals surface area contributed by atoms with Gasteiger partial charge in [-0.15, -0.1) is 0 Å². The van der Waals surface area contributed by atoms with Gasteiger partial charge in [-0.2, -0.15) is 12.8 Å². The molecule has 0 bridgehead atoms. The Morgan fingerprint density at radius 1 is 1.17 bits per heavy atom. The summed E-state index contributed by atoms with van der Waals surface area (Å²) in [6, 6.07) is 10.5. The minimum Gasteiger partial charge on any atom is -1.00 e. The normalized spacial score (nSPS) is 8.08. The fraction of sp³-hybridized carbons (Fsp3) is 0.300. The van der Waals surface area contributed by atoms with E-state index in [0.717, 1.165) is 12.8 Å². The van der Waals surface area contributed by atoms with Crippen LogP contribution in [0, 0.1) is 6.42 Å². The van der Waals surface area contributed by atoms with Crippen molar-refractivity contribution in [3.8, 4) is 0 Å². The number of hydrogen-bond donors (Lipinski definition) is 0. The molecule has 0 N–H and O–H groups in total. The summed E-state index contributed by atoms with van der Waals surface area (Å²) in [4.78, 5) is 0. The van der Waals surface area contributed by atoms with Crippen molar-refractivity contribution in [2.24, 2.45) is 0 Å². The summed E-state index contributed by atoms with van der Waals surface area (Å²) in [5, 5.41) is 0. The van der Waals surface area contributed by atoms with E-state index in [-0.39, 0.29) is 35.5 Å². The van der Waals surface area contributed by atoms with Crippen LogP contribution in [-0.4, -0.2) is 23.1 Å². The molecule has 0 aliphatic carbocycles. The Bertz CT molecular complexity index is 174. The van der Waals surface area contributed by atoms with E-state index in [2.05, 4.69) is 43.7 Å². The molecule has 0 aliphatic heterocycles. The summed E-state index contributed by atoms with van der Waals surface area (Å²) in [5.74, 6) is 0. The van der Waals surface area contributed by atoms with Gasteiger partial charge in [0, 0.05) is 0 Å². The van der Waals surface area contributed by atoms with E-state index in [0.29, 0.717) is 0 Å². The van der Waals surface area contributed by atoms with Crippen molar-refractivity contribution in [2.75, 3.05) is 0 Å². The van der Waals surface area contributed by atoms with Crippen LogP contribution in [-0.2, 0) is 6.42 Å². The van der Waals surface area contributed by atoms with Gasteiger partial charge in [-0.1, -0.05) is 42.8 Å². The Labute approximate surface area is 97.3 Å². The van der Waals surface area contributed by atoms with Gasteiger partial charge in [0.2, 0.25) is 0 Å². The van der Waals surface area contributed by atoms with Crippen LogP contribution in [0.15, 0.2) is 30.3 Å². The first kappa shape index (κ1) is 14.8. The van der Waals surface area contributed by atoms with E-state index in [4.69, 9.17) is 0 Å². The molecule has 1 aromatic carbocycles. The summed E-state index contributed by atoms with van der Waals surface area (Å²) in [6.45, 7) is 2.17. The summed E-state index contributed by atoms with van der Waals surface area (Å²) >= 11 is 0. The molecule has 0 aromatic heterocycles. The Hall–Kier alpha value is 0.276. The Balaban J connectivity index is 0. The molecule has 0 unspecified atom stereocenters. The van der Waals surface area contributed by atoms with Crippen LogP contribution in [0.4, 0.5) is 0 Å². The molecule has 0 saturated carbocycles. The maximum absolute atomic E-state index is 2.29. The fourth-order valence-corrected chi connectivity index (χ4v) is 0.925. The van der Waals surface area contributed by atoms with Gasteiger partial charge in [0.05, 0.1) is 0 Å². The first-order chi connectivity index (χ1) is 4.93. The largest absolute Gasteiger partial charge is 2.00 e. The molecule has 0 nitrogen and oxygen atoms in total. The number of benzene rings is 1. The maximum atomic E-state index is 2.29. The molecule has 0 saturated heterocycles. The van der Waals surface area contributed by atoms with Crippen LogP contribution in [0.5, 0.6) is 0 Å². The molecule has 2 heteroatoms. The van der Waals surface area contributed by atoms with Gasteiger partial charge in [-0.25, -0.2) is 0 Å². The van der Waals surface area contributed by atoms with Crippen LogP contribution in [0.25, 0.3) is 0 Å². The molecule has 0 amide bonds. The topological polar surface area (TPSA) is 0 Å². The molecule has 0 radical (unpaired) electrons. The average Bonchev–Trinajstić information content (AvgIpc) is 2.03. The van der Waals surface area contributed by atoms with Crippen molar-refractivity contribution in [1.82, 2.24) is 0 Å².